The quantitative estimate of drug-likeness (QED) is 0.753. The fourth-order valence-corrected chi connectivity index (χ4v) is 3.01. The van der Waals surface area contributed by atoms with Crippen LogP contribution in [0.4, 0.5) is 11.8 Å². The average molecular weight is 337 g/mol. The maximum Gasteiger partial charge on any atom is 0.233 e. The van der Waals surface area contributed by atoms with Gasteiger partial charge in [-0.2, -0.15) is 9.97 Å². The molecular formula is C15H14Cl2N4O. The Morgan fingerprint density at radius 3 is 2.77 bits per heavy atom. The predicted octanol–water partition coefficient (Wildman–Crippen LogP) is 4.04. The molecule has 0 amide bonds. The maximum absolute atomic E-state index is 6.25. The van der Waals surface area contributed by atoms with Gasteiger partial charge in [-0.3, -0.25) is 0 Å². The van der Waals surface area contributed by atoms with Gasteiger partial charge in [0, 0.05) is 15.6 Å². The standard InChI is InChI=1S/C15H14Cl2N4O/c1-7(10-5-9(16)2-3-11(10)17)4-8-6-22-14-12(8)13(18)20-15(19)21-14/h2-3,5-7H,4H2,1H3,(H4,18,19,20,21). The van der Waals surface area contributed by atoms with Crippen LogP contribution in [0.5, 0.6) is 0 Å². The summed E-state index contributed by atoms with van der Waals surface area (Å²) in [7, 11) is 0. The lowest BCUT2D eigenvalue weighted by molar-refractivity contribution is 0.595. The summed E-state index contributed by atoms with van der Waals surface area (Å²) in [4.78, 5) is 8.03. The molecule has 2 heterocycles. The Bertz CT molecular complexity index is 847. The maximum atomic E-state index is 6.25. The van der Waals surface area contributed by atoms with Crippen LogP contribution in [-0.4, -0.2) is 9.97 Å². The number of nitrogens with zero attached hydrogens (tertiary/aromatic N) is 2. The summed E-state index contributed by atoms with van der Waals surface area (Å²) < 4.78 is 5.43. The van der Waals surface area contributed by atoms with E-state index in [0.29, 0.717) is 33.4 Å². The van der Waals surface area contributed by atoms with Crippen molar-refractivity contribution < 1.29 is 4.42 Å². The predicted molar refractivity (Wildman–Crippen MR) is 89.2 cm³/mol. The number of nitrogens with two attached hydrogens (primary N) is 2. The highest BCUT2D eigenvalue weighted by Gasteiger charge is 2.17. The number of hydrogen-bond acceptors (Lipinski definition) is 5. The molecule has 2 aromatic heterocycles. The van der Waals surface area contributed by atoms with Crippen LogP contribution < -0.4 is 11.5 Å². The van der Waals surface area contributed by atoms with Crippen LogP contribution in [0.1, 0.15) is 24.0 Å². The molecule has 0 fully saturated rings. The molecule has 0 bridgehead atoms. The molecule has 0 aliphatic carbocycles. The third-order valence-electron chi connectivity index (χ3n) is 3.57. The summed E-state index contributed by atoms with van der Waals surface area (Å²) >= 11 is 12.3. The minimum atomic E-state index is 0.0943. The van der Waals surface area contributed by atoms with E-state index >= 15 is 0 Å². The van der Waals surface area contributed by atoms with E-state index in [1.54, 1.807) is 18.4 Å². The van der Waals surface area contributed by atoms with Crippen LogP contribution in [0.15, 0.2) is 28.9 Å². The highest BCUT2D eigenvalue weighted by atomic mass is 35.5. The Hall–Kier alpha value is -1.98. The van der Waals surface area contributed by atoms with Crippen molar-refractivity contribution in [3.63, 3.8) is 0 Å². The molecule has 0 spiro atoms. The first kappa shape index (κ1) is 14.9. The lowest BCUT2D eigenvalue weighted by Crippen LogP contribution is -2.02. The summed E-state index contributed by atoms with van der Waals surface area (Å²) in [6, 6.07) is 5.43. The van der Waals surface area contributed by atoms with Gasteiger partial charge >= 0.3 is 0 Å². The van der Waals surface area contributed by atoms with E-state index < -0.39 is 0 Å². The molecule has 1 unspecified atom stereocenters. The van der Waals surface area contributed by atoms with Crippen LogP contribution in [0, 0.1) is 0 Å². The van der Waals surface area contributed by atoms with Gasteiger partial charge in [0.25, 0.3) is 0 Å². The van der Waals surface area contributed by atoms with Crippen LogP contribution in [-0.2, 0) is 6.42 Å². The number of aromatic nitrogens is 2. The van der Waals surface area contributed by atoms with E-state index in [0.717, 1.165) is 11.1 Å². The second kappa shape index (κ2) is 5.66. The summed E-state index contributed by atoms with van der Waals surface area (Å²) in [5, 5.41) is 2.02. The van der Waals surface area contributed by atoms with Crippen molar-refractivity contribution >= 4 is 46.1 Å². The Morgan fingerprint density at radius 1 is 1.23 bits per heavy atom. The molecule has 0 aliphatic heterocycles. The average Bonchev–Trinajstić information content (AvgIpc) is 2.84. The minimum absolute atomic E-state index is 0.0943. The Morgan fingerprint density at radius 2 is 2.00 bits per heavy atom. The van der Waals surface area contributed by atoms with E-state index in [4.69, 9.17) is 39.1 Å². The van der Waals surface area contributed by atoms with Gasteiger partial charge in [0.1, 0.15) is 5.82 Å². The summed E-state index contributed by atoms with van der Waals surface area (Å²) in [5.74, 6) is 0.538. The van der Waals surface area contributed by atoms with Crippen LogP contribution in [0.25, 0.3) is 11.1 Å². The van der Waals surface area contributed by atoms with Crippen molar-refractivity contribution in [1.29, 1.82) is 0 Å². The Kier molecular flexibility index (Phi) is 3.85. The van der Waals surface area contributed by atoms with Crippen molar-refractivity contribution in [3.8, 4) is 0 Å². The molecule has 114 valence electrons. The highest BCUT2D eigenvalue weighted by molar-refractivity contribution is 6.33. The van der Waals surface area contributed by atoms with Crippen LogP contribution in [0.2, 0.25) is 10.0 Å². The van der Waals surface area contributed by atoms with Gasteiger partial charge in [-0.15, -0.1) is 0 Å². The van der Waals surface area contributed by atoms with Crippen LogP contribution in [0.3, 0.4) is 0 Å². The molecule has 0 saturated carbocycles. The number of nitrogen functional groups attached to an aromatic ring is 2. The van der Waals surface area contributed by atoms with Gasteiger partial charge in [0.05, 0.1) is 11.6 Å². The molecule has 4 N–H and O–H groups in total. The molecule has 22 heavy (non-hydrogen) atoms. The first-order chi connectivity index (χ1) is 10.5. The van der Waals surface area contributed by atoms with Gasteiger partial charge in [0.15, 0.2) is 0 Å². The van der Waals surface area contributed by atoms with E-state index in [-0.39, 0.29) is 11.9 Å². The molecule has 1 aromatic carbocycles. The fourth-order valence-electron chi connectivity index (χ4n) is 2.53. The summed E-state index contributed by atoms with van der Waals surface area (Å²) in [5.41, 5.74) is 13.8. The second-order valence-corrected chi connectivity index (χ2v) is 6.02. The number of fused-ring (bicyclic) bond motifs is 1. The zero-order chi connectivity index (χ0) is 15.9. The minimum Gasteiger partial charge on any atom is -0.446 e. The second-order valence-electron chi connectivity index (χ2n) is 5.18. The van der Waals surface area contributed by atoms with Crippen molar-refractivity contribution in [3.05, 3.63) is 45.6 Å². The third kappa shape index (κ3) is 2.69. The number of hydrogen-bond donors (Lipinski definition) is 2. The smallest absolute Gasteiger partial charge is 0.233 e. The van der Waals surface area contributed by atoms with Crippen molar-refractivity contribution in [2.24, 2.45) is 0 Å². The summed E-state index contributed by atoms with van der Waals surface area (Å²) in [6.45, 7) is 2.06. The molecule has 1 atom stereocenters. The van der Waals surface area contributed by atoms with Gasteiger partial charge in [-0.05, 0) is 36.1 Å². The van der Waals surface area contributed by atoms with E-state index in [9.17, 15) is 0 Å². The topological polar surface area (TPSA) is 91.0 Å². The van der Waals surface area contributed by atoms with Gasteiger partial charge in [0.2, 0.25) is 11.7 Å². The highest BCUT2D eigenvalue weighted by Crippen LogP contribution is 2.33. The molecular weight excluding hydrogens is 323 g/mol. The SMILES string of the molecule is CC(Cc1coc2nc(N)nc(N)c12)c1cc(Cl)ccc1Cl. The Balaban J connectivity index is 1.98. The number of furan rings is 1. The zero-order valence-corrected chi connectivity index (χ0v) is 13.3. The number of anilines is 2. The first-order valence-corrected chi connectivity index (χ1v) is 7.45. The lowest BCUT2D eigenvalue weighted by atomic mass is 9.94. The van der Waals surface area contributed by atoms with Crippen molar-refractivity contribution in [2.75, 3.05) is 11.5 Å². The number of benzene rings is 1. The molecule has 3 aromatic rings. The van der Waals surface area contributed by atoms with E-state index in [1.165, 1.54) is 0 Å². The molecule has 5 nitrogen and oxygen atoms in total. The molecule has 0 radical (unpaired) electrons. The monoisotopic (exact) mass is 336 g/mol. The number of rotatable bonds is 3. The normalized spacial score (nSPS) is 12.7. The van der Waals surface area contributed by atoms with Crippen LogP contribution >= 0.6 is 23.2 Å². The molecule has 3 rings (SSSR count). The van der Waals surface area contributed by atoms with Crippen molar-refractivity contribution in [1.82, 2.24) is 9.97 Å². The molecule has 7 heteroatoms. The molecule has 0 aliphatic rings. The number of halogens is 2. The lowest BCUT2D eigenvalue weighted by Gasteiger charge is -2.13. The van der Waals surface area contributed by atoms with Crippen molar-refractivity contribution in [2.45, 2.75) is 19.3 Å². The van der Waals surface area contributed by atoms with Gasteiger partial charge in [-0.1, -0.05) is 30.1 Å². The first-order valence-electron chi connectivity index (χ1n) is 6.69. The van der Waals surface area contributed by atoms with Gasteiger partial charge in [-0.25, -0.2) is 0 Å². The van der Waals surface area contributed by atoms with E-state index in [1.807, 2.05) is 6.07 Å². The summed E-state index contributed by atoms with van der Waals surface area (Å²) in [6.07, 6.45) is 2.30. The van der Waals surface area contributed by atoms with Gasteiger partial charge < -0.3 is 15.9 Å². The fraction of sp³-hybridized carbons (Fsp3) is 0.200. The third-order valence-corrected chi connectivity index (χ3v) is 4.15. The largest absolute Gasteiger partial charge is 0.446 e. The Labute approximate surface area is 137 Å². The zero-order valence-electron chi connectivity index (χ0n) is 11.8. The van der Waals surface area contributed by atoms with E-state index in [2.05, 4.69) is 16.9 Å². The molecule has 0 saturated heterocycles.